The fraction of sp³-hybridized carbons (Fsp3) is 0.357. The van der Waals surface area contributed by atoms with Gasteiger partial charge in [-0.05, 0) is 12.0 Å². The van der Waals surface area contributed by atoms with Crippen LogP contribution in [0.25, 0.3) is 11.0 Å². The van der Waals surface area contributed by atoms with Crippen LogP contribution in [0.1, 0.15) is 30.0 Å². The van der Waals surface area contributed by atoms with Gasteiger partial charge in [0.15, 0.2) is 9.84 Å². The molecule has 0 bridgehead atoms. The molecule has 20 heavy (non-hydrogen) atoms. The Morgan fingerprint density at radius 3 is 2.55 bits per heavy atom. The number of carboxylic acids is 1. The first kappa shape index (κ1) is 14.6. The third-order valence-electron chi connectivity index (χ3n) is 2.82. The molecule has 1 aromatic carbocycles. The molecule has 0 radical (unpaired) electrons. The standard InChI is InChI=1S/C14H16O5S/c1-9(2)7-20(17,18)8-12-13(14(15)16)10-5-3-4-6-11(10)19-12/h3-6,9H,7-8H2,1-2H3,(H,15,16). The van der Waals surface area contributed by atoms with Gasteiger partial charge in [-0.25, -0.2) is 13.2 Å². The summed E-state index contributed by atoms with van der Waals surface area (Å²) in [6.45, 7) is 3.60. The predicted octanol–water partition coefficient (Wildman–Crippen LogP) is 2.70. The molecule has 0 saturated carbocycles. The molecule has 108 valence electrons. The molecule has 0 fully saturated rings. The van der Waals surface area contributed by atoms with Crippen LogP contribution in [0, 0.1) is 5.92 Å². The van der Waals surface area contributed by atoms with Crippen molar-refractivity contribution in [2.75, 3.05) is 5.75 Å². The van der Waals surface area contributed by atoms with Crippen LogP contribution in [-0.4, -0.2) is 25.2 Å². The third-order valence-corrected chi connectivity index (χ3v) is 4.70. The highest BCUT2D eigenvalue weighted by molar-refractivity contribution is 7.90. The number of para-hydroxylation sites is 1. The zero-order valence-electron chi connectivity index (χ0n) is 11.3. The molecule has 0 saturated heterocycles. The molecule has 1 N–H and O–H groups in total. The van der Waals surface area contributed by atoms with Gasteiger partial charge in [0, 0.05) is 5.39 Å². The second-order valence-corrected chi connectivity index (χ2v) is 7.26. The summed E-state index contributed by atoms with van der Waals surface area (Å²) in [5.74, 6) is -1.58. The van der Waals surface area contributed by atoms with Crippen molar-refractivity contribution in [2.45, 2.75) is 19.6 Å². The topological polar surface area (TPSA) is 84.6 Å². The van der Waals surface area contributed by atoms with Crippen LogP contribution in [0.15, 0.2) is 28.7 Å². The Morgan fingerprint density at radius 2 is 1.95 bits per heavy atom. The Hall–Kier alpha value is -1.82. The minimum Gasteiger partial charge on any atom is -0.478 e. The number of sulfone groups is 1. The Kier molecular flexibility index (Phi) is 3.85. The van der Waals surface area contributed by atoms with Gasteiger partial charge in [0.05, 0.1) is 5.75 Å². The van der Waals surface area contributed by atoms with Gasteiger partial charge in [-0.15, -0.1) is 0 Å². The zero-order chi connectivity index (χ0) is 14.9. The van der Waals surface area contributed by atoms with Gasteiger partial charge in [0.2, 0.25) is 0 Å². The molecule has 0 aliphatic heterocycles. The van der Waals surface area contributed by atoms with E-state index in [1.807, 2.05) is 0 Å². The molecule has 0 atom stereocenters. The molecule has 0 aliphatic carbocycles. The first-order chi connectivity index (χ1) is 9.30. The SMILES string of the molecule is CC(C)CS(=O)(=O)Cc1oc2ccccc2c1C(=O)O. The highest BCUT2D eigenvalue weighted by Gasteiger charge is 2.25. The molecule has 2 aromatic rings. The number of fused-ring (bicyclic) bond motifs is 1. The largest absolute Gasteiger partial charge is 0.478 e. The lowest BCUT2D eigenvalue weighted by molar-refractivity contribution is 0.0697. The molecular formula is C14H16O5S. The molecule has 1 aromatic heterocycles. The number of carbonyl (C=O) groups is 1. The van der Waals surface area contributed by atoms with E-state index in [-0.39, 0.29) is 28.7 Å². The number of aromatic carboxylic acids is 1. The van der Waals surface area contributed by atoms with Crippen molar-refractivity contribution in [3.63, 3.8) is 0 Å². The fourth-order valence-electron chi connectivity index (χ4n) is 2.20. The Balaban J connectivity index is 2.49. The monoisotopic (exact) mass is 296 g/mol. The van der Waals surface area contributed by atoms with Gasteiger partial charge < -0.3 is 9.52 Å². The molecule has 5 nitrogen and oxygen atoms in total. The summed E-state index contributed by atoms with van der Waals surface area (Å²) in [5.41, 5.74) is 0.326. The number of carboxylic acid groups (broad SMARTS) is 1. The Morgan fingerprint density at radius 1 is 1.30 bits per heavy atom. The number of furan rings is 1. The molecule has 1 heterocycles. The van der Waals surface area contributed by atoms with E-state index in [1.165, 1.54) is 0 Å². The van der Waals surface area contributed by atoms with Crippen molar-refractivity contribution in [2.24, 2.45) is 5.92 Å². The van der Waals surface area contributed by atoms with E-state index < -0.39 is 15.8 Å². The van der Waals surface area contributed by atoms with Crippen molar-refractivity contribution in [3.05, 3.63) is 35.6 Å². The quantitative estimate of drug-likeness (QED) is 0.917. The van der Waals surface area contributed by atoms with Gasteiger partial charge >= 0.3 is 5.97 Å². The fourth-order valence-corrected chi connectivity index (χ4v) is 3.94. The van der Waals surface area contributed by atoms with E-state index in [0.717, 1.165) is 0 Å². The van der Waals surface area contributed by atoms with Crippen molar-refractivity contribution in [1.29, 1.82) is 0 Å². The average molecular weight is 296 g/mol. The summed E-state index contributed by atoms with van der Waals surface area (Å²) >= 11 is 0. The summed E-state index contributed by atoms with van der Waals surface area (Å²) in [6, 6.07) is 6.64. The Bertz CT molecular complexity index is 740. The smallest absolute Gasteiger partial charge is 0.339 e. The zero-order valence-corrected chi connectivity index (χ0v) is 12.1. The van der Waals surface area contributed by atoms with Gasteiger partial charge in [0.1, 0.15) is 22.7 Å². The lowest BCUT2D eigenvalue weighted by Gasteiger charge is -2.05. The predicted molar refractivity (Wildman–Crippen MR) is 75.5 cm³/mol. The lowest BCUT2D eigenvalue weighted by Crippen LogP contribution is -2.15. The van der Waals surface area contributed by atoms with Crippen LogP contribution in [-0.2, 0) is 15.6 Å². The first-order valence-electron chi connectivity index (χ1n) is 6.24. The van der Waals surface area contributed by atoms with E-state index in [9.17, 15) is 18.3 Å². The number of hydrogen-bond donors (Lipinski definition) is 1. The minimum absolute atomic E-state index is 0.000602. The van der Waals surface area contributed by atoms with Gasteiger partial charge in [-0.3, -0.25) is 0 Å². The maximum atomic E-state index is 12.0. The molecule has 2 rings (SSSR count). The maximum absolute atomic E-state index is 12.0. The van der Waals surface area contributed by atoms with Crippen LogP contribution in [0.3, 0.4) is 0 Å². The molecule has 6 heteroatoms. The van der Waals surface area contributed by atoms with Crippen LogP contribution in [0.5, 0.6) is 0 Å². The summed E-state index contributed by atoms with van der Waals surface area (Å²) in [6.07, 6.45) is 0. The molecule has 0 spiro atoms. The highest BCUT2D eigenvalue weighted by Crippen LogP contribution is 2.27. The van der Waals surface area contributed by atoms with E-state index in [2.05, 4.69) is 0 Å². The second kappa shape index (κ2) is 5.28. The van der Waals surface area contributed by atoms with E-state index in [0.29, 0.717) is 11.0 Å². The van der Waals surface area contributed by atoms with Crippen molar-refractivity contribution < 1.29 is 22.7 Å². The molecule has 0 unspecified atom stereocenters. The highest BCUT2D eigenvalue weighted by atomic mass is 32.2. The van der Waals surface area contributed by atoms with Crippen LogP contribution >= 0.6 is 0 Å². The normalized spacial score (nSPS) is 12.2. The summed E-state index contributed by atoms with van der Waals surface area (Å²) in [4.78, 5) is 11.4. The summed E-state index contributed by atoms with van der Waals surface area (Å²) in [5, 5.41) is 9.70. The maximum Gasteiger partial charge on any atom is 0.339 e. The van der Waals surface area contributed by atoms with E-state index in [4.69, 9.17) is 4.42 Å². The van der Waals surface area contributed by atoms with Gasteiger partial charge in [-0.1, -0.05) is 32.0 Å². The van der Waals surface area contributed by atoms with Crippen LogP contribution in [0.2, 0.25) is 0 Å². The summed E-state index contributed by atoms with van der Waals surface area (Å²) < 4.78 is 29.4. The minimum atomic E-state index is -3.39. The van der Waals surface area contributed by atoms with Crippen molar-refractivity contribution in [1.82, 2.24) is 0 Å². The lowest BCUT2D eigenvalue weighted by atomic mass is 10.1. The van der Waals surface area contributed by atoms with Crippen molar-refractivity contribution in [3.8, 4) is 0 Å². The molecular weight excluding hydrogens is 280 g/mol. The van der Waals surface area contributed by atoms with Crippen LogP contribution < -0.4 is 0 Å². The number of benzene rings is 1. The number of rotatable bonds is 5. The van der Waals surface area contributed by atoms with E-state index >= 15 is 0 Å². The van der Waals surface area contributed by atoms with Gasteiger partial charge in [-0.2, -0.15) is 0 Å². The first-order valence-corrected chi connectivity index (χ1v) is 8.06. The van der Waals surface area contributed by atoms with Crippen LogP contribution in [0.4, 0.5) is 0 Å². The molecule has 0 amide bonds. The average Bonchev–Trinajstić information content (AvgIpc) is 2.63. The Labute approximate surface area is 117 Å². The summed E-state index contributed by atoms with van der Waals surface area (Å²) in [7, 11) is -3.39. The van der Waals surface area contributed by atoms with E-state index in [1.54, 1.807) is 38.1 Å². The number of hydrogen-bond acceptors (Lipinski definition) is 4. The van der Waals surface area contributed by atoms with Crippen molar-refractivity contribution >= 4 is 26.8 Å². The second-order valence-electron chi connectivity index (χ2n) is 5.15. The van der Waals surface area contributed by atoms with Gasteiger partial charge in [0.25, 0.3) is 0 Å². The third kappa shape index (κ3) is 3.01. The molecule has 0 aliphatic rings.